The first kappa shape index (κ1) is 15.6. The van der Waals surface area contributed by atoms with Crippen LogP contribution in [0.25, 0.3) is 0 Å². The van der Waals surface area contributed by atoms with Gasteiger partial charge in [0.15, 0.2) is 0 Å². The van der Waals surface area contributed by atoms with Gasteiger partial charge < -0.3 is 20.6 Å². The van der Waals surface area contributed by atoms with Crippen LogP contribution in [0, 0.1) is 11.8 Å². The molecule has 2 unspecified atom stereocenters. The number of rotatable bonds is 6. The summed E-state index contributed by atoms with van der Waals surface area (Å²) >= 11 is 0. The number of carboxylic acids is 1. The van der Waals surface area contributed by atoms with Crippen LogP contribution in [-0.4, -0.2) is 53.6 Å². The van der Waals surface area contributed by atoms with E-state index in [9.17, 15) is 14.4 Å². The Labute approximate surface area is 124 Å². The molecule has 2 rings (SSSR count). The van der Waals surface area contributed by atoms with Crippen molar-refractivity contribution in [3.8, 4) is 0 Å². The van der Waals surface area contributed by atoms with Crippen molar-refractivity contribution in [3.05, 3.63) is 0 Å². The Balaban J connectivity index is 1.61. The van der Waals surface area contributed by atoms with Crippen LogP contribution in [0.3, 0.4) is 0 Å². The monoisotopic (exact) mass is 297 g/mol. The SMILES string of the molecule is CC1CN(C(=O)NCCCC(=O)NC2CC2)CC1C(=O)O. The van der Waals surface area contributed by atoms with Crippen LogP contribution in [0.2, 0.25) is 0 Å². The summed E-state index contributed by atoms with van der Waals surface area (Å²) < 4.78 is 0. The maximum Gasteiger partial charge on any atom is 0.317 e. The molecule has 2 aliphatic rings. The predicted molar refractivity (Wildman–Crippen MR) is 75.7 cm³/mol. The molecule has 0 aromatic heterocycles. The molecule has 0 bridgehead atoms. The fourth-order valence-electron chi connectivity index (χ4n) is 2.54. The second-order valence-electron chi connectivity index (χ2n) is 6.00. The van der Waals surface area contributed by atoms with Gasteiger partial charge in [-0.3, -0.25) is 9.59 Å². The van der Waals surface area contributed by atoms with E-state index >= 15 is 0 Å². The van der Waals surface area contributed by atoms with Gasteiger partial charge in [-0.05, 0) is 25.2 Å². The lowest BCUT2D eigenvalue weighted by Gasteiger charge is -2.16. The van der Waals surface area contributed by atoms with Crippen LogP contribution < -0.4 is 10.6 Å². The van der Waals surface area contributed by atoms with Gasteiger partial charge >= 0.3 is 12.0 Å². The van der Waals surface area contributed by atoms with Crippen molar-refractivity contribution in [1.82, 2.24) is 15.5 Å². The topological polar surface area (TPSA) is 98.7 Å². The number of carboxylic acid groups (broad SMARTS) is 1. The summed E-state index contributed by atoms with van der Waals surface area (Å²) in [6.07, 6.45) is 3.14. The summed E-state index contributed by atoms with van der Waals surface area (Å²) in [6, 6.07) is 0.124. The summed E-state index contributed by atoms with van der Waals surface area (Å²) in [7, 11) is 0. The van der Waals surface area contributed by atoms with Crippen molar-refractivity contribution in [2.45, 2.75) is 38.6 Å². The van der Waals surface area contributed by atoms with Crippen LogP contribution in [0.15, 0.2) is 0 Å². The molecule has 1 saturated carbocycles. The van der Waals surface area contributed by atoms with Crippen molar-refractivity contribution in [3.63, 3.8) is 0 Å². The summed E-state index contributed by atoms with van der Waals surface area (Å²) in [5.41, 5.74) is 0. The molecule has 0 aromatic carbocycles. The lowest BCUT2D eigenvalue weighted by Crippen LogP contribution is -2.39. The molecule has 21 heavy (non-hydrogen) atoms. The fraction of sp³-hybridized carbons (Fsp3) is 0.786. The van der Waals surface area contributed by atoms with Crippen LogP contribution >= 0.6 is 0 Å². The standard InChI is InChI=1S/C14H23N3O4/c1-9-7-17(8-11(9)13(19)20)14(21)15-6-2-3-12(18)16-10-4-5-10/h9-11H,2-8H2,1H3,(H,15,21)(H,16,18)(H,19,20). The zero-order chi connectivity index (χ0) is 15.4. The maximum absolute atomic E-state index is 11.9. The first-order chi connectivity index (χ1) is 9.97. The first-order valence-electron chi connectivity index (χ1n) is 7.52. The molecule has 118 valence electrons. The molecule has 7 nitrogen and oxygen atoms in total. The van der Waals surface area contributed by atoms with Gasteiger partial charge in [-0.15, -0.1) is 0 Å². The second-order valence-corrected chi connectivity index (χ2v) is 6.00. The molecule has 0 aromatic rings. The number of amides is 3. The third-order valence-electron chi connectivity index (χ3n) is 4.02. The first-order valence-corrected chi connectivity index (χ1v) is 7.52. The summed E-state index contributed by atoms with van der Waals surface area (Å²) in [5.74, 6) is -1.33. The number of carbonyl (C=O) groups excluding carboxylic acids is 2. The van der Waals surface area contributed by atoms with Crippen LogP contribution in [-0.2, 0) is 9.59 Å². The van der Waals surface area contributed by atoms with E-state index in [0.717, 1.165) is 12.8 Å². The molecule has 2 atom stereocenters. The Hall–Kier alpha value is -1.79. The van der Waals surface area contributed by atoms with Crippen LogP contribution in [0.1, 0.15) is 32.6 Å². The highest BCUT2D eigenvalue weighted by molar-refractivity contribution is 5.78. The van der Waals surface area contributed by atoms with E-state index in [4.69, 9.17) is 5.11 Å². The largest absolute Gasteiger partial charge is 0.481 e. The molecule has 1 saturated heterocycles. The van der Waals surface area contributed by atoms with Gasteiger partial charge in [-0.2, -0.15) is 0 Å². The zero-order valence-electron chi connectivity index (χ0n) is 12.3. The molecule has 0 spiro atoms. The minimum absolute atomic E-state index is 0.0300. The second kappa shape index (κ2) is 6.78. The predicted octanol–water partition coefficient (Wildman–Crippen LogP) is 0.407. The highest BCUT2D eigenvalue weighted by Gasteiger charge is 2.36. The highest BCUT2D eigenvalue weighted by Crippen LogP contribution is 2.23. The van der Waals surface area contributed by atoms with Gasteiger partial charge in [0.25, 0.3) is 0 Å². The van der Waals surface area contributed by atoms with Gasteiger partial charge in [-0.25, -0.2) is 4.79 Å². The third kappa shape index (κ3) is 4.61. The zero-order valence-corrected chi connectivity index (χ0v) is 12.3. The van der Waals surface area contributed by atoms with E-state index < -0.39 is 11.9 Å². The Bertz CT molecular complexity index is 422. The summed E-state index contributed by atoms with van der Waals surface area (Å²) in [5, 5.41) is 14.7. The molecule has 3 amide bonds. The van der Waals surface area contributed by atoms with Gasteiger partial charge in [0, 0.05) is 32.1 Å². The van der Waals surface area contributed by atoms with Crippen molar-refractivity contribution < 1.29 is 19.5 Å². The number of hydrogen-bond acceptors (Lipinski definition) is 3. The number of carbonyl (C=O) groups is 3. The maximum atomic E-state index is 11.9. The quantitative estimate of drug-likeness (QED) is 0.618. The van der Waals surface area contributed by atoms with E-state index in [-0.39, 0.29) is 24.4 Å². The number of nitrogens with one attached hydrogen (secondary N) is 2. The summed E-state index contributed by atoms with van der Waals surface area (Å²) in [4.78, 5) is 35.9. The Morgan fingerprint density at radius 3 is 2.52 bits per heavy atom. The van der Waals surface area contributed by atoms with Gasteiger partial charge in [0.1, 0.15) is 0 Å². The average Bonchev–Trinajstić information content (AvgIpc) is 3.13. The number of hydrogen-bond donors (Lipinski definition) is 3. The number of nitrogens with zero attached hydrogens (tertiary/aromatic N) is 1. The minimum atomic E-state index is -0.852. The van der Waals surface area contributed by atoms with Crippen molar-refractivity contribution in [2.24, 2.45) is 11.8 Å². The van der Waals surface area contributed by atoms with E-state index in [1.807, 2.05) is 6.92 Å². The average molecular weight is 297 g/mol. The Morgan fingerprint density at radius 1 is 1.24 bits per heavy atom. The van der Waals surface area contributed by atoms with Crippen molar-refractivity contribution >= 4 is 17.9 Å². The molecule has 3 N–H and O–H groups in total. The molecule has 7 heteroatoms. The molecule has 0 radical (unpaired) electrons. The highest BCUT2D eigenvalue weighted by atomic mass is 16.4. The molecule has 2 fully saturated rings. The van der Waals surface area contributed by atoms with Gasteiger partial charge in [0.2, 0.25) is 5.91 Å². The normalized spacial score (nSPS) is 24.7. The minimum Gasteiger partial charge on any atom is -0.481 e. The van der Waals surface area contributed by atoms with E-state index in [1.54, 1.807) is 0 Å². The molecular formula is C14H23N3O4. The van der Waals surface area contributed by atoms with E-state index in [2.05, 4.69) is 10.6 Å². The van der Waals surface area contributed by atoms with Gasteiger partial charge in [-0.1, -0.05) is 6.92 Å². The lowest BCUT2D eigenvalue weighted by atomic mass is 9.99. The number of likely N-dealkylation sites (tertiary alicyclic amines) is 1. The molecule has 1 aliphatic heterocycles. The van der Waals surface area contributed by atoms with Crippen LogP contribution in [0.5, 0.6) is 0 Å². The fourth-order valence-corrected chi connectivity index (χ4v) is 2.54. The van der Waals surface area contributed by atoms with Gasteiger partial charge in [0.05, 0.1) is 5.92 Å². The Morgan fingerprint density at radius 2 is 1.95 bits per heavy atom. The van der Waals surface area contributed by atoms with Crippen molar-refractivity contribution in [1.29, 1.82) is 0 Å². The molecule has 1 aliphatic carbocycles. The lowest BCUT2D eigenvalue weighted by molar-refractivity contribution is -0.142. The van der Waals surface area contributed by atoms with E-state index in [1.165, 1.54) is 4.90 Å². The summed E-state index contributed by atoms with van der Waals surface area (Å²) in [6.45, 7) is 2.99. The molecular weight excluding hydrogens is 274 g/mol. The third-order valence-corrected chi connectivity index (χ3v) is 4.02. The van der Waals surface area contributed by atoms with Crippen LogP contribution in [0.4, 0.5) is 4.79 Å². The number of aliphatic carboxylic acids is 1. The van der Waals surface area contributed by atoms with Crippen molar-refractivity contribution in [2.75, 3.05) is 19.6 Å². The Kier molecular flexibility index (Phi) is 5.03. The molecule has 1 heterocycles. The number of urea groups is 1. The van der Waals surface area contributed by atoms with E-state index in [0.29, 0.717) is 32.0 Å². The smallest absolute Gasteiger partial charge is 0.317 e.